The van der Waals surface area contributed by atoms with Gasteiger partial charge in [0.1, 0.15) is 0 Å². The van der Waals surface area contributed by atoms with Crippen molar-refractivity contribution in [2.24, 2.45) is 5.92 Å². The van der Waals surface area contributed by atoms with Crippen LogP contribution in [0, 0.1) is 5.92 Å². The summed E-state index contributed by atoms with van der Waals surface area (Å²) < 4.78 is 2.16. The number of hydrogen-bond acceptors (Lipinski definition) is 2. The summed E-state index contributed by atoms with van der Waals surface area (Å²) in [6.07, 6.45) is 11.6. The van der Waals surface area contributed by atoms with Gasteiger partial charge in [-0.2, -0.15) is 5.10 Å². The van der Waals surface area contributed by atoms with Crippen molar-refractivity contribution >= 4 is 0 Å². The average molecular weight is 234 g/mol. The van der Waals surface area contributed by atoms with Crippen molar-refractivity contribution in [3.05, 3.63) is 18.0 Å². The summed E-state index contributed by atoms with van der Waals surface area (Å²) >= 11 is 0. The van der Waals surface area contributed by atoms with Crippen molar-refractivity contribution in [2.45, 2.75) is 63.5 Å². The predicted octanol–water partition coefficient (Wildman–Crippen LogP) is 2.70. The highest BCUT2D eigenvalue weighted by molar-refractivity contribution is 5.03. The molecule has 1 heterocycles. The van der Waals surface area contributed by atoms with E-state index in [2.05, 4.69) is 16.9 Å². The Kier molecular flexibility index (Phi) is 3.19. The van der Waals surface area contributed by atoms with Crippen LogP contribution in [0.4, 0.5) is 0 Å². The zero-order chi connectivity index (χ0) is 11.7. The highest BCUT2D eigenvalue weighted by Gasteiger charge is 2.26. The van der Waals surface area contributed by atoms with Crippen LogP contribution < -0.4 is 0 Å². The first-order chi connectivity index (χ1) is 8.33. The first-order valence-electron chi connectivity index (χ1n) is 7.05. The third-order valence-corrected chi connectivity index (χ3v) is 4.45. The lowest BCUT2D eigenvalue weighted by Crippen LogP contribution is -2.16. The lowest BCUT2D eigenvalue weighted by Gasteiger charge is -2.13. The lowest BCUT2D eigenvalue weighted by atomic mass is 10.00. The standard InChI is InChI=1S/C14H22N2O/c17-14-7-3-4-11(14)10-12-8-9-16(15-12)13-5-1-2-6-13/h8-9,11,13-14,17H,1-7,10H2. The van der Waals surface area contributed by atoms with Gasteiger partial charge < -0.3 is 5.11 Å². The second-order valence-corrected chi connectivity index (χ2v) is 5.69. The monoisotopic (exact) mass is 234 g/mol. The van der Waals surface area contributed by atoms with Gasteiger partial charge in [-0.1, -0.05) is 19.3 Å². The average Bonchev–Trinajstić information content (AvgIpc) is 3.02. The molecule has 0 spiro atoms. The van der Waals surface area contributed by atoms with Gasteiger partial charge in [0.25, 0.3) is 0 Å². The van der Waals surface area contributed by atoms with Crippen molar-refractivity contribution in [1.82, 2.24) is 9.78 Å². The summed E-state index contributed by atoms with van der Waals surface area (Å²) in [6, 6.07) is 2.78. The Morgan fingerprint density at radius 2 is 2.00 bits per heavy atom. The van der Waals surface area contributed by atoms with Crippen LogP contribution in [0.2, 0.25) is 0 Å². The Morgan fingerprint density at radius 3 is 2.71 bits per heavy atom. The van der Waals surface area contributed by atoms with E-state index in [1.807, 2.05) is 0 Å². The molecule has 2 saturated carbocycles. The van der Waals surface area contributed by atoms with E-state index >= 15 is 0 Å². The Balaban J connectivity index is 1.63. The summed E-state index contributed by atoms with van der Waals surface area (Å²) in [5.74, 6) is 0.446. The van der Waals surface area contributed by atoms with Crippen LogP contribution in [0.25, 0.3) is 0 Å². The first kappa shape index (κ1) is 11.3. The first-order valence-corrected chi connectivity index (χ1v) is 7.05. The predicted molar refractivity (Wildman–Crippen MR) is 66.8 cm³/mol. The largest absolute Gasteiger partial charge is 0.393 e. The van der Waals surface area contributed by atoms with E-state index in [0.29, 0.717) is 12.0 Å². The van der Waals surface area contributed by atoms with Crippen LogP contribution >= 0.6 is 0 Å². The number of aliphatic hydroxyl groups is 1. The van der Waals surface area contributed by atoms with E-state index in [1.54, 1.807) is 0 Å². The van der Waals surface area contributed by atoms with Crippen LogP contribution in [-0.2, 0) is 6.42 Å². The quantitative estimate of drug-likeness (QED) is 0.873. The van der Waals surface area contributed by atoms with Gasteiger partial charge in [-0.05, 0) is 44.1 Å². The van der Waals surface area contributed by atoms with Crippen LogP contribution in [0.1, 0.15) is 56.7 Å². The topological polar surface area (TPSA) is 38.0 Å². The molecule has 0 aromatic carbocycles. The summed E-state index contributed by atoms with van der Waals surface area (Å²) in [7, 11) is 0. The third-order valence-electron chi connectivity index (χ3n) is 4.45. The summed E-state index contributed by atoms with van der Waals surface area (Å²) in [6.45, 7) is 0. The summed E-state index contributed by atoms with van der Waals surface area (Å²) in [5.41, 5.74) is 1.17. The molecule has 1 aromatic rings. The molecule has 3 heteroatoms. The number of aliphatic hydroxyl groups excluding tert-OH is 1. The van der Waals surface area contributed by atoms with Gasteiger partial charge in [0.15, 0.2) is 0 Å². The normalized spacial score (nSPS) is 30.2. The number of nitrogens with zero attached hydrogens (tertiary/aromatic N) is 2. The van der Waals surface area contributed by atoms with Gasteiger partial charge in [0.05, 0.1) is 17.8 Å². The molecular weight excluding hydrogens is 212 g/mol. The highest BCUT2D eigenvalue weighted by Crippen LogP contribution is 2.30. The Morgan fingerprint density at radius 1 is 1.18 bits per heavy atom. The summed E-state index contributed by atoms with van der Waals surface area (Å²) in [4.78, 5) is 0. The number of rotatable bonds is 3. The minimum Gasteiger partial charge on any atom is -0.393 e. The van der Waals surface area contributed by atoms with Crippen molar-refractivity contribution in [2.75, 3.05) is 0 Å². The molecule has 2 aliphatic rings. The maximum Gasteiger partial charge on any atom is 0.0628 e. The fourth-order valence-corrected chi connectivity index (χ4v) is 3.38. The van der Waals surface area contributed by atoms with E-state index in [-0.39, 0.29) is 6.10 Å². The molecule has 2 atom stereocenters. The molecule has 2 unspecified atom stereocenters. The van der Waals surface area contributed by atoms with Crippen LogP contribution in [0.5, 0.6) is 0 Å². The van der Waals surface area contributed by atoms with E-state index < -0.39 is 0 Å². The van der Waals surface area contributed by atoms with Crippen molar-refractivity contribution in [3.8, 4) is 0 Å². The van der Waals surface area contributed by atoms with E-state index in [0.717, 1.165) is 19.3 Å². The third kappa shape index (κ3) is 2.39. The highest BCUT2D eigenvalue weighted by atomic mass is 16.3. The van der Waals surface area contributed by atoms with Crippen LogP contribution in [0.15, 0.2) is 12.3 Å². The van der Waals surface area contributed by atoms with E-state index in [9.17, 15) is 5.11 Å². The lowest BCUT2D eigenvalue weighted by molar-refractivity contribution is 0.132. The maximum absolute atomic E-state index is 9.83. The fourth-order valence-electron chi connectivity index (χ4n) is 3.38. The Bertz CT molecular complexity index is 368. The number of hydrogen-bond donors (Lipinski definition) is 1. The Labute approximate surface area is 103 Å². The maximum atomic E-state index is 9.83. The molecule has 0 bridgehead atoms. The van der Waals surface area contributed by atoms with Gasteiger partial charge >= 0.3 is 0 Å². The molecular formula is C14H22N2O. The molecule has 3 rings (SSSR count). The minimum absolute atomic E-state index is 0.0911. The van der Waals surface area contributed by atoms with Crippen LogP contribution in [0.3, 0.4) is 0 Å². The van der Waals surface area contributed by atoms with E-state index in [4.69, 9.17) is 5.10 Å². The molecule has 3 nitrogen and oxygen atoms in total. The van der Waals surface area contributed by atoms with Gasteiger partial charge in [-0.3, -0.25) is 4.68 Å². The molecule has 2 fully saturated rings. The molecule has 0 radical (unpaired) electrons. The van der Waals surface area contributed by atoms with Gasteiger partial charge in [0.2, 0.25) is 0 Å². The Hall–Kier alpha value is -0.830. The zero-order valence-corrected chi connectivity index (χ0v) is 10.4. The molecule has 0 amide bonds. The fraction of sp³-hybridized carbons (Fsp3) is 0.786. The molecule has 0 aliphatic heterocycles. The molecule has 17 heavy (non-hydrogen) atoms. The van der Waals surface area contributed by atoms with Crippen molar-refractivity contribution in [1.29, 1.82) is 0 Å². The molecule has 2 aliphatic carbocycles. The van der Waals surface area contributed by atoms with Crippen molar-refractivity contribution in [3.63, 3.8) is 0 Å². The number of aromatic nitrogens is 2. The second-order valence-electron chi connectivity index (χ2n) is 5.69. The molecule has 0 saturated heterocycles. The smallest absolute Gasteiger partial charge is 0.0628 e. The summed E-state index contributed by atoms with van der Waals surface area (Å²) in [5, 5.41) is 14.5. The minimum atomic E-state index is -0.0911. The van der Waals surface area contributed by atoms with Crippen molar-refractivity contribution < 1.29 is 5.11 Å². The van der Waals surface area contributed by atoms with Gasteiger partial charge in [0, 0.05) is 6.20 Å². The SMILES string of the molecule is OC1CCCC1Cc1ccn(C2CCCC2)n1. The zero-order valence-electron chi connectivity index (χ0n) is 10.4. The van der Waals surface area contributed by atoms with E-state index in [1.165, 1.54) is 37.8 Å². The molecule has 1 N–H and O–H groups in total. The second kappa shape index (κ2) is 4.81. The molecule has 94 valence electrons. The van der Waals surface area contributed by atoms with Gasteiger partial charge in [-0.25, -0.2) is 0 Å². The molecule has 1 aromatic heterocycles. The van der Waals surface area contributed by atoms with Crippen LogP contribution in [-0.4, -0.2) is 21.0 Å². The van der Waals surface area contributed by atoms with Gasteiger partial charge in [-0.15, -0.1) is 0 Å².